The van der Waals surface area contributed by atoms with Crippen LogP contribution in [0, 0.1) is 17.2 Å². The molecule has 2 atom stereocenters. The fourth-order valence-corrected chi connectivity index (χ4v) is 1.96. The second-order valence-electron chi connectivity index (χ2n) is 3.59. The van der Waals surface area contributed by atoms with Gasteiger partial charge in [-0.25, -0.2) is 0 Å². The molecule has 1 N–H and O–H groups in total. The molecule has 2 saturated heterocycles. The van der Waals surface area contributed by atoms with E-state index in [2.05, 4.69) is 11.4 Å². The van der Waals surface area contributed by atoms with Gasteiger partial charge in [-0.2, -0.15) is 5.26 Å². The summed E-state index contributed by atoms with van der Waals surface area (Å²) in [7, 11) is 0. The number of hydrogen-bond donors (Lipinski definition) is 1. The summed E-state index contributed by atoms with van der Waals surface area (Å²) in [5.41, 5.74) is -0.630. The Hall–Kier alpha value is -0.630. The van der Waals surface area contributed by atoms with Crippen molar-refractivity contribution >= 4 is 0 Å². The van der Waals surface area contributed by atoms with Gasteiger partial charge in [0.1, 0.15) is 0 Å². The van der Waals surface area contributed by atoms with Crippen molar-refractivity contribution in [1.82, 2.24) is 5.32 Å². The molecule has 2 fully saturated rings. The van der Waals surface area contributed by atoms with Gasteiger partial charge in [-0.05, 0) is 6.42 Å². The molecule has 2 aliphatic heterocycles. The number of hydrogen-bond acceptors (Lipinski definition) is 4. The third kappa shape index (κ3) is 1.55. The van der Waals surface area contributed by atoms with Gasteiger partial charge in [0, 0.05) is 25.6 Å². The van der Waals surface area contributed by atoms with Crippen LogP contribution in [0.1, 0.15) is 6.42 Å². The maximum absolute atomic E-state index is 9.13. The molecule has 0 spiro atoms. The van der Waals surface area contributed by atoms with Gasteiger partial charge in [-0.3, -0.25) is 0 Å². The summed E-state index contributed by atoms with van der Waals surface area (Å²) in [6.07, 6.45) is 0.940. The highest BCUT2D eigenvalue weighted by molar-refractivity contribution is 5.09. The highest BCUT2D eigenvalue weighted by atomic mass is 16.5. The van der Waals surface area contributed by atoms with Gasteiger partial charge in [-0.1, -0.05) is 0 Å². The highest BCUT2D eigenvalue weighted by Gasteiger charge is 2.43. The van der Waals surface area contributed by atoms with E-state index < -0.39 is 5.60 Å². The van der Waals surface area contributed by atoms with Crippen LogP contribution in [0.4, 0.5) is 0 Å². The Morgan fingerprint density at radius 2 is 2.38 bits per heavy atom. The van der Waals surface area contributed by atoms with E-state index in [4.69, 9.17) is 14.7 Å². The summed E-state index contributed by atoms with van der Waals surface area (Å²) in [5.74, 6) is 0.241. The molecule has 0 aromatic heterocycles. The second kappa shape index (κ2) is 3.62. The topological polar surface area (TPSA) is 54.3 Å². The van der Waals surface area contributed by atoms with Crippen molar-refractivity contribution in [3.05, 3.63) is 0 Å². The van der Waals surface area contributed by atoms with E-state index in [1.807, 2.05) is 0 Å². The minimum absolute atomic E-state index is 0.241. The van der Waals surface area contributed by atoms with Crippen LogP contribution in [0.3, 0.4) is 0 Å². The number of morpholine rings is 1. The van der Waals surface area contributed by atoms with Crippen LogP contribution in [-0.2, 0) is 9.47 Å². The average Bonchev–Trinajstić information content (AvgIpc) is 2.72. The minimum Gasteiger partial charge on any atom is -0.381 e. The number of rotatable bonds is 1. The first-order valence-electron chi connectivity index (χ1n) is 4.71. The molecule has 13 heavy (non-hydrogen) atoms. The maximum atomic E-state index is 9.13. The Balaban J connectivity index is 2.08. The largest absolute Gasteiger partial charge is 0.381 e. The van der Waals surface area contributed by atoms with Crippen LogP contribution in [0.5, 0.6) is 0 Å². The van der Waals surface area contributed by atoms with Crippen LogP contribution >= 0.6 is 0 Å². The van der Waals surface area contributed by atoms with Crippen LogP contribution in [0.2, 0.25) is 0 Å². The van der Waals surface area contributed by atoms with E-state index >= 15 is 0 Å². The summed E-state index contributed by atoms with van der Waals surface area (Å²) < 4.78 is 10.9. The molecule has 72 valence electrons. The molecular weight excluding hydrogens is 168 g/mol. The molecule has 0 radical (unpaired) electrons. The van der Waals surface area contributed by atoms with E-state index in [1.54, 1.807) is 0 Å². The van der Waals surface area contributed by atoms with Gasteiger partial charge in [0.15, 0.2) is 5.60 Å². The lowest BCUT2D eigenvalue weighted by molar-refractivity contribution is -0.0647. The van der Waals surface area contributed by atoms with Gasteiger partial charge in [0.2, 0.25) is 0 Å². The first kappa shape index (κ1) is 8.95. The SMILES string of the molecule is N#CC1(C2CCOC2)CNCCO1. The van der Waals surface area contributed by atoms with Crippen molar-refractivity contribution in [1.29, 1.82) is 5.26 Å². The minimum atomic E-state index is -0.630. The summed E-state index contributed by atoms with van der Waals surface area (Å²) in [6.45, 7) is 3.53. The zero-order valence-corrected chi connectivity index (χ0v) is 7.58. The third-order valence-electron chi connectivity index (χ3n) is 2.80. The Morgan fingerprint density at radius 3 is 2.92 bits per heavy atom. The first-order chi connectivity index (χ1) is 6.37. The van der Waals surface area contributed by atoms with E-state index in [0.717, 1.165) is 19.6 Å². The molecule has 2 rings (SSSR count). The van der Waals surface area contributed by atoms with E-state index in [1.165, 1.54) is 0 Å². The molecule has 0 aromatic rings. The third-order valence-corrected chi connectivity index (χ3v) is 2.80. The first-order valence-corrected chi connectivity index (χ1v) is 4.71. The Kier molecular flexibility index (Phi) is 2.49. The molecule has 0 amide bonds. The molecule has 0 bridgehead atoms. The van der Waals surface area contributed by atoms with Crippen molar-refractivity contribution in [3.8, 4) is 6.07 Å². The lowest BCUT2D eigenvalue weighted by atomic mass is 9.87. The molecular formula is C9H14N2O2. The average molecular weight is 182 g/mol. The van der Waals surface area contributed by atoms with Gasteiger partial charge >= 0.3 is 0 Å². The molecule has 2 heterocycles. The zero-order valence-electron chi connectivity index (χ0n) is 7.58. The summed E-state index contributed by atoms with van der Waals surface area (Å²) in [4.78, 5) is 0. The molecule has 4 nitrogen and oxygen atoms in total. The smallest absolute Gasteiger partial charge is 0.171 e. The fourth-order valence-electron chi connectivity index (χ4n) is 1.96. The van der Waals surface area contributed by atoms with Crippen molar-refractivity contribution in [3.63, 3.8) is 0 Å². The monoisotopic (exact) mass is 182 g/mol. The normalized spacial score (nSPS) is 40.1. The fraction of sp³-hybridized carbons (Fsp3) is 0.889. The van der Waals surface area contributed by atoms with Gasteiger partial charge in [-0.15, -0.1) is 0 Å². The predicted octanol–water partition coefficient (Wildman–Crippen LogP) is -0.0949. The molecule has 0 aliphatic carbocycles. The van der Waals surface area contributed by atoms with Crippen LogP contribution in [0.15, 0.2) is 0 Å². The summed E-state index contributed by atoms with van der Waals surface area (Å²) in [6, 6.07) is 2.29. The quantitative estimate of drug-likeness (QED) is 0.615. The van der Waals surface area contributed by atoms with Gasteiger partial charge in [0.05, 0.1) is 19.3 Å². The standard InChI is InChI=1S/C9H14N2O2/c10-6-9(7-11-2-4-13-9)8-1-3-12-5-8/h8,11H,1-5,7H2. The van der Waals surface area contributed by atoms with Crippen molar-refractivity contribution in [2.45, 2.75) is 12.0 Å². The lowest BCUT2D eigenvalue weighted by Gasteiger charge is -2.35. The van der Waals surface area contributed by atoms with Crippen LogP contribution in [-0.4, -0.2) is 38.5 Å². The maximum Gasteiger partial charge on any atom is 0.171 e. The lowest BCUT2D eigenvalue weighted by Crippen LogP contribution is -2.53. The van der Waals surface area contributed by atoms with Crippen molar-refractivity contribution < 1.29 is 9.47 Å². The van der Waals surface area contributed by atoms with E-state index in [0.29, 0.717) is 19.8 Å². The number of nitrogens with one attached hydrogen (secondary N) is 1. The number of nitriles is 1. The zero-order chi connectivity index (χ0) is 9.15. The molecule has 0 aromatic carbocycles. The Labute approximate surface area is 77.8 Å². The Morgan fingerprint density at radius 1 is 1.46 bits per heavy atom. The number of ether oxygens (including phenoxy) is 2. The van der Waals surface area contributed by atoms with Crippen LogP contribution < -0.4 is 5.32 Å². The number of nitrogens with zero attached hydrogens (tertiary/aromatic N) is 1. The molecule has 2 unspecified atom stereocenters. The Bertz CT molecular complexity index is 212. The summed E-state index contributed by atoms with van der Waals surface area (Å²) >= 11 is 0. The van der Waals surface area contributed by atoms with E-state index in [-0.39, 0.29) is 5.92 Å². The molecule has 2 aliphatic rings. The van der Waals surface area contributed by atoms with Gasteiger partial charge < -0.3 is 14.8 Å². The van der Waals surface area contributed by atoms with E-state index in [9.17, 15) is 0 Å². The summed E-state index contributed by atoms with van der Waals surface area (Å²) in [5, 5.41) is 12.3. The molecule has 4 heteroatoms. The predicted molar refractivity (Wildman–Crippen MR) is 46.1 cm³/mol. The molecule has 0 saturated carbocycles. The van der Waals surface area contributed by atoms with Gasteiger partial charge in [0.25, 0.3) is 0 Å². The second-order valence-corrected chi connectivity index (χ2v) is 3.59. The van der Waals surface area contributed by atoms with Crippen molar-refractivity contribution in [2.75, 3.05) is 32.9 Å². The van der Waals surface area contributed by atoms with Crippen molar-refractivity contribution in [2.24, 2.45) is 5.92 Å². The highest BCUT2D eigenvalue weighted by Crippen LogP contribution is 2.29. The van der Waals surface area contributed by atoms with Crippen LogP contribution in [0.25, 0.3) is 0 Å².